The van der Waals surface area contributed by atoms with Gasteiger partial charge in [-0.3, -0.25) is 4.57 Å². The lowest BCUT2D eigenvalue weighted by Crippen LogP contribution is -2.28. The predicted octanol–water partition coefficient (Wildman–Crippen LogP) is 1.17. The highest BCUT2D eigenvalue weighted by atomic mass is 35.5. The third-order valence-electron chi connectivity index (χ3n) is 3.25. The Morgan fingerprint density at radius 2 is 2.29 bits per heavy atom. The maximum Gasteiger partial charge on any atom is 0.326 e. The van der Waals surface area contributed by atoms with Crippen molar-refractivity contribution in [3.63, 3.8) is 0 Å². The van der Waals surface area contributed by atoms with E-state index in [4.69, 9.17) is 17.7 Å². The standard InChI is InChI=1S/C11H14ClN3O2/c12-10-5-9-8(6-13-10)14-11(16)15(9)7-1-3-17-4-2-7/h5,7,13H,1-4,6H2,(H,14,16)/i/hD. The Kier molecular flexibility index (Phi) is 2.44. The van der Waals surface area contributed by atoms with Crippen LogP contribution in [0.3, 0.4) is 0 Å². The Labute approximate surface area is 105 Å². The van der Waals surface area contributed by atoms with Crippen LogP contribution >= 0.6 is 11.6 Å². The van der Waals surface area contributed by atoms with E-state index >= 15 is 0 Å². The summed E-state index contributed by atoms with van der Waals surface area (Å²) in [4.78, 5) is 14.8. The summed E-state index contributed by atoms with van der Waals surface area (Å²) in [6.45, 7) is 1.67. The molecule has 1 aromatic heterocycles. The molecule has 2 N–H and O–H groups in total. The number of aromatic nitrogens is 2. The summed E-state index contributed by atoms with van der Waals surface area (Å²) in [7, 11) is 0. The first kappa shape index (κ1) is 9.79. The van der Waals surface area contributed by atoms with Crippen molar-refractivity contribution >= 4 is 17.7 Å². The zero-order valence-electron chi connectivity index (χ0n) is 10.3. The number of nitrogens with one attached hydrogen (secondary N) is 2. The van der Waals surface area contributed by atoms with Crippen LogP contribution in [0.1, 0.15) is 30.3 Å². The molecule has 92 valence electrons. The summed E-state index contributed by atoms with van der Waals surface area (Å²) in [6, 6.07) is 0.157. The first-order chi connectivity index (χ1) is 8.66. The van der Waals surface area contributed by atoms with Gasteiger partial charge in [0.2, 0.25) is 0 Å². The van der Waals surface area contributed by atoms with E-state index in [1.54, 1.807) is 10.6 Å². The number of rotatable bonds is 1. The van der Waals surface area contributed by atoms with Crippen LogP contribution in [0.25, 0.3) is 6.08 Å². The third-order valence-corrected chi connectivity index (χ3v) is 3.47. The molecule has 0 aliphatic carbocycles. The van der Waals surface area contributed by atoms with Gasteiger partial charge in [0.15, 0.2) is 1.41 Å². The number of halogens is 1. The number of imidazole rings is 1. The smallest absolute Gasteiger partial charge is 0.326 e. The lowest BCUT2D eigenvalue weighted by molar-refractivity contribution is 0.0686. The number of hydrogen-bond donors (Lipinski definition) is 2. The van der Waals surface area contributed by atoms with E-state index < -0.39 is 0 Å². The molecule has 0 saturated carbocycles. The fraction of sp³-hybridized carbons (Fsp3) is 0.545. The molecule has 1 saturated heterocycles. The average molecular weight is 257 g/mol. The van der Waals surface area contributed by atoms with E-state index in [0.717, 1.165) is 29.5 Å². The van der Waals surface area contributed by atoms with E-state index in [1.807, 2.05) is 0 Å². The van der Waals surface area contributed by atoms with Gasteiger partial charge in [0.25, 0.3) is 0 Å². The molecule has 1 aromatic rings. The van der Waals surface area contributed by atoms with Crippen molar-refractivity contribution in [2.75, 3.05) is 13.2 Å². The molecule has 3 heterocycles. The highest BCUT2D eigenvalue weighted by molar-refractivity contribution is 6.31. The minimum absolute atomic E-state index is 0.122. The minimum Gasteiger partial charge on any atom is -0.381 e. The van der Waals surface area contributed by atoms with Crippen molar-refractivity contribution in [2.45, 2.75) is 25.4 Å². The van der Waals surface area contributed by atoms with Gasteiger partial charge in [0.1, 0.15) is 5.16 Å². The fourth-order valence-corrected chi connectivity index (χ4v) is 2.57. The Morgan fingerprint density at radius 3 is 3.06 bits per heavy atom. The Balaban J connectivity index is 2.04. The summed E-state index contributed by atoms with van der Waals surface area (Å²) < 4.78 is 14.7. The van der Waals surface area contributed by atoms with E-state index in [1.165, 1.54) is 0 Å². The molecule has 0 spiro atoms. The van der Waals surface area contributed by atoms with Crippen LogP contribution < -0.4 is 11.0 Å². The molecule has 0 unspecified atom stereocenters. The largest absolute Gasteiger partial charge is 0.381 e. The first-order valence-corrected chi connectivity index (χ1v) is 6.09. The van der Waals surface area contributed by atoms with E-state index in [-0.39, 0.29) is 11.7 Å². The molecule has 1 fully saturated rings. The van der Waals surface area contributed by atoms with E-state index in [2.05, 4.69) is 4.98 Å². The summed E-state index contributed by atoms with van der Waals surface area (Å²) in [5, 5.41) is 1.50. The van der Waals surface area contributed by atoms with E-state index in [0.29, 0.717) is 24.9 Å². The fourth-order valence-electron chi connectivity index (χ4n) is 2.40. The van der Waals surface area contributed by atoms with Gasteiger partial charge in [0, 0.05) is 19.3 Å². The number of fused-ring (bicyclic) bond motifs is 1. The number of aromatic amines is 1. The van der Waals surface area contributed by atoms with Gasteiger partial charge in [-0.25, -0.2) is 4.79 Å². The molecule has 2 aliphatic rings. The molecular formula is C11H14ClN3O2. The van der Waals surface area contributed by atoms with Crippen LogP contribution in [-0.2, 0) is 11.3 Å². The normalized spacial score (nSPS) is 22.1. The summed E-state index contributed by atoms with van der Waals surface area (Å²) >= 11 is 5.96. The first-order valence-electron chi connectivity index (χ1n) is 6.16. The Bertz CT molecular complexity index is 545. The number of nitrogens with zero attached hydrogens (tertiary/aromatic N) is 1. The van der Waals surface area contributed by atoms with E-state index in [9.17, 15) is 4.79 Å². The van der Waals surface area contributed by atoms with Crippen molar-refractivity contribution in [3.8, 4) is 0 Å². The predicted molar refractivity (Wildman–Crippen MR) is 64.8 cm³/mol. The number of ether oxygens (including phenoxy) is 1. The third kappa shape index (κ3) is 1.89. The Hall–Kier alpha value is -1.20. The van der Waals surface area contributed by atoms with Crippen molar-refractivity contribution in [3.05, 3.63) is 27.0 Å². The van der Waals surface area contributed by atoms with Gasteiger partial charge in [-0.1, -0.05) is 11.6 Å². The summed E-state index contributed by atoms with van der Waals surface area (Å²) in [5.41, 5.74) is 1.44. The van der Waals surface area contributed by atoms with Crippen LogP contribution in [-0.4, -0.2) is 22.8 Å². The highest BCUT2D eigenvalue weighted by Gasteiger charge is 2.24. The zero-order chi connectivity index (χ0) is 12.7. The second-order valence-electron chi connectivity index (χ2n) is 4.29. The monoisotopic (exact) mass is 256 g/mol. The quantitative estimate of drug-likeness (QED) is 0.742. The molecule has 3 rings (SSSR count). The zero-order valence-corrected chi connectivity index (χ0v) is 10.0. The van der Waals surface area contributed by atoms with Crippen LogP contribution in [0.4, 0.5) is 0 Å². The molecular weight excluding hydrogens is 242 g/mol. The minimum atomic E-state index is -0.122. The van der Waals surface area contributed by atoms with Crippen LogP contribution in [0, 0.1) is 0 Å². The molecule has 0 radical (unpaired) electrons. The second-order valence-corrected chi connectivity index (χ2v) is 4.68. The van der Waals surface area contributed by atoms with Gasteiger partial charge >= 0.3 is 5.69 Å². The van der Waals surface area contributed by atoms with Gasteiger partial charge < -0.3 is 15.0 Å². The molecule has 0 amide bonds. The lowest BCUT2D eigenvalue weighted by Gasteiger charge is -2.24. The summed E-state index contributed by atoms with van der Waals surface area (Å²) in [6.07, 6.45) is 3.35. The van der Waals surface area contributed by atoms with Gasteiger partial charge in [-0.05, 0) is 18.9 Å². The molecule has 0 atom stereocenters. The maximum atomic E-state index is 12.0. The molecule has 5 nitrogen and oxygen atoms in total. The van der Waals surface area contributed by atoms with Crippen molar-refractivity contribution in [1.82, 2.24) is 14.9 Å². The van der Waals surface area contributed by atoms with Crippen molar-refractivity contribution < 1.29 is 6.15 Å². The maximum absolute atomic E-state index is 12.0. The second kappa shape index (κ2) is 4.23. The molecule has 0 aromatic carbocycles. The molecule has 2 aliphatic heterocycles. The average Bonchev–Trinajstić information content (AvgIpc) is 2.66. The molecule has 6 heteroatoms. The highest BCUT2D eigenvalue weighted by Crippen LogP contribution is 2.25. The van der Waals surface area contributed by atoms with Gasteiger partial charge in [-0.2, -0.15) is 0 Å². The molecule has 0 bridgehead atoms. The topological polar surface area (TPSA) is 59.0 Å². The van der Waals surface area contributed by atoms with Crippen molar-refractivity contribution in [1.29, 1.82) is 0 Å². The van der Waals surface area contributed by atoms with Crippen LogP contribution in [0.15, 0.2) is 9.95 Å². The number of H-pyrrole nitrogens is 1. The Morgan fingerprint density at radius 1 is 1.53 bits per heavy atom. The van der Waals surface area contributed by atoms with Gasteiger partial charge in [0.05, 0.1) is 17.9 Å². The SMILES string of the molecule is [2H]N1Cc2[nH]c(=O)n(C3CCOCC3)c2C=C1Cl. The summed E-state index contributed by atoms with van der Waals surface area (Å²) in [5.74, 6) is 0. The van der Waals surface area contributed by atoms with Crippen LogP contribution in [0.2, 0.25) is 1.41 Å². The van der Waals surface area contributed by atoms with Crippen LogP contribution in [0.5, 0.6) is 0 Å². The van der Waals surface area contributed by atoms with Gasteiger partial charge in [-0.15, -0.1) is 0 Å². The molecule has 17 heavy (non-hydrogen) atoms. The number of hydrogen-bond acceptors (Lipinski definition) is 3. The lowest BCUT2D eigenvalue weighted by atomic mass is 10.1. The van der Waals surface area contributed by atoms with Crippen molar-refractivity contribution in [2.24, 2.45) is 0 Å².